The van der Waals surface area contributed by atoms with Crippen LogP contribution in [0.5, 0.6) is 0 Å². The van der Waals surface area contributed by atoms with Crippen LogP contribution < -0.4 is 15.5 Å². The number of hydrogen-bond acceptors (Lipinski definition) is 3. The van der Waals surface area contributed by atoms with Gasteiger partial charge in [-0.2, -0.15) is 0 Å². The third kappa shape index (κ3) is 2.30. The minimum Gasteiger partial charge on any atom is -0.367 e. The van der Waals surface area contributed by atoms with Crippen LogP contribution in [-0.2, 0) is 0 Å². The van der Waals surface area contributed by atoms with Crippen molar-refractivity contribution >= 4 is 11.4 Å². The standard InChI is InChI=1S/C12H17N3/c1-2-14-11-5-3-4-6-12(11)15-9-7-13-8-10-15/h2-6,13-14H,1,7-10H2. The average molecular weight is 203 g/mol. The number of nitrogens with zero attached hydrogens (tertiary/aromatic N) is 1. The molecule has 0 saturated carbocycles. The van der Waals surface area contributed by atoms with E-state index >= 15 is 0 Å². The summed E-state index contributed by atoms with van der Waals surface area (Å²) in [5.74, 6) is 0. The molecule has 0 aliphatic carbocycles. The number of nitrogens with one attached hydrogen (secondary N) is 2. The molecule has 80 valence electrons. The zero-order valence-corrected chi connectivity index (χ0v) is 8.87. The van der Waals surface area contributed by atoms with E-state index in [1.807, 2.05) is 6.07 Å². The second-order valence-electron chi connectivity index (χ2n) is 3.60. The fraction of sp³-hybridized carbons (Fsp3) is 0.333. The number of hydrogen-bond donors (Lipinski definition) is 2. The van der Waals surface area contributed by atoms with Crippen molar-refractivity contribution in [3.05, 3.63) is 37.0 Å². The first-order valence-electron chi connectivity index (χ1n) is 5.34. The lowest BCUT2D eigenvalue weighted by Gasteiger charge is -2.30. The van der Waals surface area contributed by atoms with Gasteiger partial charge in [0.1, 0.15) is 0 Å². The van der Waals surface area contributed by atoms with Gasteiger partial charge in [0.05, 0.1) is 11.4 Å². The van der Waals surface area contributed by atoms with E-state index in [4.69, 9.17) is 0 Å². The molecule has 1 aliphatic rings. The normalized spacial score (nSPS) is 16.1. The first-order chi connectivity index (χ1) is 7.42. The minimum absolute atomic E-state index is 1.06. The topological polar surface area (TPSA) is 27.3 Å². The van der Waals surface area contributed by atoms with Gasteiger partial charge in [0, 0.05) is 26.2 Å². The second kappa shape index (κ2) is 4.84. The quantitative estimate of drug-likeness (QED) is 0.782. The van der Waals surface area contributed by atoms with Crippen LogP contribution in [0.2, 0.25) is 0 Å². The molecule has 0 amide bonds. The summed E-state index contributed by atoms with van der Waals surface area (Å²) in [6.45, 7) is 7.95. The average Bonchev–Trinajstić information content (AvgIpc) is 2.31. The zero-order valence-electron chi connectivity index (χ0n) is 8.87. The summed E-state index contributed by atoms with van der Waals surface area (Å²) in [6, 6.07) is 8.35. The molecule has 0 spiro atoms. The van der Waals surface area contributed by atoms with Gasteiger partial charge in [0.25, 0.3) is 0 Å². The SMILES string of the molecule is C=CNc1ccccc1N1CCNCC1. The van der Waals surface area contributed by atoms with Crippen LogP contribution in [0.4, 0.5) is 11.4 Å². The highest BCUT2D eigenvalue weighted by molar-refractivity contribution is 5.71. The number of para-hydroxylation sites is 2. The lowest BCUT2D eigenvalue weighted by molar-refractivity contribution is 0.589. The molecule has 0 atom stereocenters. The van der Waals surface area contributed by atoms with Crippen molar-refractivity contribution < 1.29 is 0 Å². The van der Waals surface area contributed by atoms with Crippen LogP contribution in [0.25, 0.3) is 0 Å². The first kappa shape index (κ1) is 10.1. The molecule has 0 aromatic heterocycles. The summed E-state index contributed by atoms with van der Waals surface area (Å²) in [4.78, 5) is 2.39. The van der Waals surface area contributed by atoms with Crippen molar-refractivity contribution in [2.45, 2.75) is 0 Å². The molecule has 3 heteroatoms. The van der Waals surface area contributed by atoms with Gasteiger partial charge in [-0.15, -0.1) is 0 Å². The van der Waals surface area contributed by atoms with E-state index in [0.29, 0.717) is 0 Å². The molecule has 0 unspecified atom stereocenters. The largest absolute Gasteiger partial charge is 0.367 e. The summed E-state index contributed by atoms with van der Waals surface area (Å²) in [5.41, 5.74) is 2.40. The maximum atomic E-state index is 3.70. The Labute approximate surface area is 90.8 Å². The van der Waals surface area contributed by atoms with Gasteiger partial charge in [0.2, 0.25) is 0 Å². The van der Waals surface area contributed by atoms with Gasteiger partial charge >= 0.3 is 0 Å². The van der Waals surface area contributed by atoms with Crippen molar-refractivity contribution in [1.82, 2.24) is 5.32 Å². The summed E-state index contributed by atoms with van der Waals surface area (Å²) in [5, 5.41) is 6.53. The van der Waals surface area contributed by atoms with Crippen LogP contribution in [0, 0.1) is 0 Å². The third-order valence-corrected chi connectivity index (χ3v) is 2.62. The van der Waals surface area contributed by atoms with Gasteiger partial charge in [-0.3, -0.25) is 0 Å². The van der Waals surface area contributed by atoms with Crippen molar-refractivity contribution in [3.63, 3.8) is 0 Å². The Morgan fingerprint density at radius 2 is 2.00 bits per heavy atom. The molecule has 2 N–H and O–H groups in total. The van der Waals surface area contributed by atoms with Crippen molar-refractivity contribution in [3.8, 4) is 0 Å². The fourth-order valence-corrected chi connectivity index (χ4v) is 1.89. The van der Waals surface area contributed by atoms with E-state index in [0.717, 1.165) is 31.9 Å². The van der Waals surface area contributed by atoms with Gasteiger partial charge in [0.15, 0.2) is 0 Å². The predicted molar refractivity (Wildman–Crippen MR) is 65.3 cm³/mol. The summed E-state index contributed by atoms with van der Waals surface area (Å²) < 4.78 is 0. The Hall–Kier alpha value is -1.48. The van der Waals surface area contributed by atoms with Crippen LogP contribution in [0.3, 0.4) is 0 Å². The maximum Gasteiger partial charge on any atom is 0.0617 e. The Balaban J connectivity index is 2.20. The Bertz CT molecular complexity index is 329. The molecule has 1 aliphatic heterocycles. The van der Waals surface area contributed by atoms with E-state index < -0.39 is 0 Å². The third-order valence-electron chi connectivity index (χ3n) is 2.62. The van der Waals surface area contributed by atoms with E-state index in [1.165, 1.54) is 5.69 Å². The highest BCUT2D eigenvalue weighted by Gasteiger charge is 2.12. The Kier molecular flexibility index (Phi) is 3.25. The molecular weight excluding hydrogens is 186 g/mol. The molecule has 1 fully saturated rings. The van der Waals surface area contributed by atoms with Crippen LogP contribution >= 0.6 is 0 Å². The summed E-state index contributed by atoms with van der Waals surface area (Å²) >= 11 is 0. The van der Waals surface area contributed by atoms with E-state index in [1.54, 1.807) is 6.20 Å². The lowest BCUT2D eigenvalue weighted by Crippen LogP contribution is -2.43. The lowest BCUT2D eigenvalue weighted by atomic mass is 10.2. The molecule has 1 aromatic carbocycles. The van der Waals surface area contributed by atoms with Crippen LogP contribution in [0.15, 0.2) is 37.0 Å². The van der Waals surface area contributed by atoms with E-state index in [2.05, 4.69) is 40.3 Å². The summed E-state index contributed by atoms with van der Waals surface area (Å²) in [7, 11) is 0. The maximum absolute atomic E-state index is 3.70. The Morgan fingerprint density at radius 1 is 1.27 bits per heavy atom. The number of rotatable bonds is 3. The van der Waals surface area contributed by atoms with Crippen LogP contribution in [0.1, 0.15) is 0 Å². The molecule has 1 heterocycles. The molecule has 2 rings (SSSR count). The molecule has 1 aromatic rings. The summed E-state index contributed by atoms with van der Waals surface area (Å²) in [6.07, 6.45) is 1.72. The van der Waals surface area contributed by atoms with E-state index in [-0.39, 0.29) is 0 Å². The van der Waals surface area contributed by atoms with Gasteiger partial charge in [-0.25, -0.2) is 0 Å². The number of piperazine rings is 1. The molecule has 1 saturated heterocycles. The Morgan fingerprint density at radius 3 is 2.73 bits per heavy atom. The fourth-order valence-electron chi connectivity index (χ4n) is 1.89. The number of benzene rings is 1. The highest BCUT2D eigenvalue weighted by atomic mass is 15.2. The molecule has 15 heavy (non-hydrogen) atoms. The van der Waals surface area contributed by atoms with Gasteiger partial charge in [-0.05, 0) is 18.3 Å². The van der Waals surface area contributed by atoms with Crippen LogP contribution in [-0.4, -0.2) is 26.2 Å². The second-order valence-corrected chi connectivity index (χ2v) is 3.60. The molecule has 0 bridgehead atoms. The molecular formula is C12H17N3. The predicted octanol–water partition coefficient (Wildman–Crippen LogP) is 1.65. The monoisotopic (exact) mass is 203 g/mol. The van der Waals surface area contributed by atoms with Crippen molar-refractivity contribution in [2.75, 3.05) is 36.4 Å². The molecule has 0 radical (unpaired) electrons. The molecule has 3 nitrogen and oxygen atoms in total. The van der Waals surface area contributed by atoms with Crippen molar-refractivity contribution in [2.24, 2.45) is 0 Å². The number of anilines is 2. The minimum atomic E-state index is 1.06. The smallest absolute Gasteiger partial charge is 0.0617 e. The van der Waals surface area contributed by atoms with Gasteiger partial charge in [-0.1, -0.05) is 18.7 Å². The highest BCUT2D eigenvalue weighted by Crippen LogP contribution is 2.25. The first-order valence-corrected chi connectivity index (χ1v) is 5.34. The van der Waals surface area contributed by atoms with Crippen molar-refractivity contribution in [1.29, 1.82) is 0 Å². The van der Waals surface area contributed by atoms with Gasteiger partial charge < -0.3 is 15.5 Å². The van der Waals surface area contributed by atoms with E-state index in [9.17, 15) is 0 Å². The zero-order chi connectivity index (χ0) is 10.5.